The molecule has 0 aliphatic carbocycles. The molecule has 2 N–H and O–H groups in total. The van der Waals surface area contributed by atoms with Crippen LogP contribution in [0.1, 0.15) is 16.9 Å². The third-order valence-corrected chi connectivity index (χ3v) is 5.03. The molecule has 2 aromatic carbocycles. The third-order valence-electron chi connectivity index (χ3n) is 5.03. The molecule has 2 heterocycles. The van der Waals surface area contributed by atoms with Gasteiger partial charge in [0.1, 0.15) is 11.5 Å². The summed E-state index contributed by atoms with van der Waals surface area (Å²) in [5.41, 5.74) is 0.998. The molecule has 1 saturated heterocycles. The average molecular weight is 365 g/mol. The molecule has 138 valence electrons. The lowest BCUT2D eigenvalue weighted by atomic mass is 10.1. The minimum Gasteiger partial charge on any atom is -0.371 e. The van der Waals surface area contributed by atoms with E-state index < -0.39 is 0 Å². The topological polar surface area (TPSA) is 65.2 Å². The SMILES string of the molecule is O=C(NCC1CCN(c2ccc(F)cc2)C1)c1cc2ccccc2c(=O)[nH]1. The van der Waals surface area contributed by atoms with Crippen LogP contribution in [0.15, 0.2) is 59.4 Å². The first-order valence-corrected chi connectivity index (χ1v) is 9.01. The summed E-state index contributed by atoms with van der Waals surface area (Å²) in [6.45, 7) is 2.21. The van der Waals surface area contributed by atoms with Crippen LogP contribution in [0.4, 0.5) is 10.1 Å². The Bertz CT molecular complexity index is 1030. The molecule has 0 radical (unpaired) electrons. The summed E-state index contributed by atoms with van der Waals surface area (Å²) < 4.78 is 13.1. The number of benzene rings is 2. The molecule has 1 unspecified atom stereocenters. The molecule has 3 aromatic rings. The Morgan fingerprint density at radius 2 is 1.96 bits per heavy atom. The number of nitrogens with one attached hydrogen (secondary N) is 2. The van der Waals surface area contributed by atoms with Gasteiger partial charge in [0.15, 0.2) is 0 Å². The quantitative estimate of drug-likeness (QED) is 0.747. The average Bonchev–Trinajstić information content (AvgIpc) is 3.15. The maximum atomic E-state index is 13.1. The van der Waals surface area contributed by atoms with E-state index in [1.165, 1.54) is 12.1 Å². The number of H-pyrrole nitrogens is 1. The largest absolute Gasteiger partial charge is 0.371 e. The molecule has 4 rings (SSSR count). The fourth-order valence-corrected chi connectivity index (χ4v) is 3.55. The second-order valence-electron chi connectivity index (χ2n) is 6.89. The lowest BCUT2D eigenvalue weighted by Gasteiger charge is -2.18. The third kappa shape index (κ3) is 3.69. The van der Waals surface area contributed by atoms with Crippen LogP contribution in [0.25, 0.3) is 10.8 Å². The number of fused-ring (bicyclic) bond motifs is 1. The van der Waals surface area contributed by atoms with Crippen molar-refractivity contribution in [1.82, 2.24) is 10.3 Å². The molecular formula is C21H20FN3O2. The molecule has 0 bridgehead atoms. The van der Waals surface area contributed by atoms with E-state index >= 15 is 0 Å². The number of aromatic nitrogens is 1. The second kappa shape index (κ2) is 7.23. The molecule has 0 saturated carbocycles. The van der Waals surface area contributed by atoms with Gasteiger partial charge in [0.05, 0.1) is 0 Å². The molecule has 1 fully saturated rings. The van der Waals surface area contributed by atoms with Crippen LogP contribution in [0.3, 0.4) is 0 Å². The van der Waals surface area contributed by atoms with E-state index in [4.69, 9.17) is 0 Å². The number of amides is 1. The van der Waals surface area contributed by atoms with E-state index in [0.717, 1.165) is 30.6 Å². The Hall–Kier alpha value is -3.15. The van der Waals surface area contributed by atoms with E-state index in [9.17, 15) is 14.0 Å². The fraction of sp³-hybridized carbons (Fsp3) is 0.238. The van der Waals surface area contributed by atoms with Crippen molar-refractivity contribution < 1.29 is 9.18 Å². The number of carbonyl (C=O) groups is 1. The van der Waals surface area contributed by atoms with Gasteiger partial charge >= 0.3 is 0 Å². The van der Waals surface area contributed by atoms with Gasteiger partial charge in [-0.1, -0.05) is 18.2 Å². The Balaban J connectivity index is 1.38. The van der Waals surface area contributed by atoms with Gasteiger partial charge in [-0.05, 0) is 54.1 Å². The first-order valence-electron chi connectivity index (χ1n) is 9.01. The summed E-state index contributed by atoms with van der Waals surface area (Å²) in [6.07, 6.45) is 0.950. The van der Waals surface area contributed by atoms with Gasteiger partial charge in [-0.25, -0.2) is 4.39 Å². The Morgan fingerprint density at radius 1 is 1.19 bits per heavy atom. The van der Waals surface area contributed by atoms with E-state index in [2.05, 4.69) is 15.2 Å². The molecule has 1 amide bonds. The van der Waals surface area contributed by atoms with Crippen molar-refractivity contribution in [1.29, 1.82) is 0 Å². The summed E-state index contributed by atoms with van der Waals surface area (Å²) >= 11 is 0. The van der Waals surface area contributed by atoms with Gasteiger partial charge in [-0.2, -0.15) is 0 Å². The van der Waals surface area contributed by atoms with Crippen molar-refractivity contribution in [2.45, 2.75) is 6.42 Å². The molecule has 1 aromatic heterocycles. The predicted octanol–water partition coefficient (Wildman–Crippen LogP) is 2.92. The molecule has 0 spiro atoms. The Labute approximate surface area is 155 Å². The van der Waals surface area contributed by atoms with Gasteiger partial charge in [-0.15, -0.1) is 0 Å². The number of aromatic amines is 1. The highest BCUT2D eigenvalue weighted by molar-refractivity contribution is 5.96. The highest BCUT2D eigenvalue weighted by Gasteiger charge is 2.23. The summed E-state index contributed by atoms with van der Waals surface area (Å²) in [5, 5.41) is 4.23. The summed E-state index contributed by atoms with van der Waals surface area (Å²) in [7, 11) is 0. The highest BCUT2D eigenvalue weighted by Crippen LogP contribution is 2.23. The standard InChI is InChI=1S/C21H20FN3O2/c22-16-5-7-17(8-6-16)25-10-9-14(13-25)12-23-21(27)19-11-15-3-1-2-4-18(15)20(26)24-19/h1-8,11,14H,9-10,12-13H2,(H,23,27)(H,24,26). The van der Waals surface area contributed by atoms with Crippen LogP contribution in [0.5, 0.6) is 0 Å². The van der Waals surface area contributed by atoms with Gasteiger partial charge in [-0.3, -0.25) is 9.59 Å². The van der Waals surface area contributed by atoms with Gasteiger partial charge in [0.25, 0.3) is 11.5 Å². The first kappa shape index (κ1) is 17.3. The number of nitrogens with zero attached hydrogens (tertiary/aromatic N) is 1. The minimum absolute atomic E-state index is 0.244. The van der Waals surface area contributed by atoms with Gasteiger partial charge < -0.3 is 15.2 Å². The van der Waals surface area contributed by atoms with E-state index in [1.807, 2.05) is 12.1 Å². The van der Waals surface area contributed by atoms with Gasteiger partial charge in [0, 0.05) is 30.7 Å². The lowest BCUT2D eigenvalue weighted by molar-refractivity contribution is 0.0943. The number of pyridine rings is 1. The fourth-order valence-electron chi connectivity index (χ4n) is 3.55. The number of halogens is 1. The number of carbonyl (C=O) groups excluding carboxylic acids is 1. The van der Waals surface area contributed by atoms with Crippen LogP contribution in [-0.4, -0.2) is 30.5 Å². The maximum absolute atomic E-state index is 13.1. The molecule has 5 nitrogen and oxygen atoms in total. The van der Waals surface area contributed by atoms with Crippen molar-refractivity contribution in [3.8, 4) is 0 Å². The summed E-state index contributed by atoms with van der Waals surface area (Å²) in [6, 6.07) is 15.4. The van der Waals surface area contributed by atoms with Crippen molar-refractivity contribution >= 4 is 22.4 Å². The molecule has 1 aliphatic rings. The zero-order valence-corrected chi connectivity index (χ0v) is 14.7. The number of rotatable bonds is 4. The number of anilines is 1. The van der Waals surface area contributed by atoms with Gasteiger partial charge in [0.2, 0.25) is 0 Å². The smallest absolute Gasteiger partial charge is 0.267 e. The van der Waals surface area contributed by atoms with Crippen molar-refractivity contribution in [2.24, 2.45) is 5.92 Å². The predicted molar refractivity (Wildman–Crippen MR) is 104 cm³/mol. The van der Waals surface area contributed by atoms with Crippen LogP contribution >= 0.6 is 0 Å². The zero-order valence-electron chi connectivity index (χ0n) is 14.7. The zero-order chi connectivity index (χ0) is 18.8. The molecule has 1 aliphatic heterocycles. The molecule has 1 atom stereocenters. The van der Waals surface area contributed by atoms with Crippen molar-refractivity contribution in [3.63, 3.8) is 0 Å². The minimum atomic E-state index is -0.280. The summed E-state index contributed by atoms with van der Waals surface area (Å²) in [4.78, 5) is 29.4. The van der Waals surface area contributed by atoms with E-state index in [-0.39, 0.29) is 23.0 Å². The molecular weight excluding hydrogens is 345 g/mol. The monoisotopic (exact) mass is 365 g/mol. The Morgan fingerprint density at radius 3 is 2.78 bits per heavy atom. The Kier molecular flexibility index (Phi) is 4.62. The van der Waals surface area contributed by atoms with E-state index in [0.29, 0.717) is 17.8 Å². The maximum Gasteiger partial charge on any atom is 0.267 e. The lowest BCUT2D eigenvalue weighted by Crippen LogP contribution is -2.32. The van der Waals surface area contributed by atoms with E-state index in [1.54, 1.807) is 30.3 Å². The van der Waals surface area contributed by atoms with Crippen molar-refractivity contribution in [2.75, 3.05) is 24.5 Å². The number of hydrogen-bond acceptors (Lipinski definition) is 3. The first-order chi connectivity index (χ1) is 13.1. The number of hydrogen-bond donors (Lipinski definition) is 2. The summed E-state index contributed by atoms with van der Waals surface area (Å²) in [5.74, 6) is -0.213. The highest BCUT2D eigenvalue weighted by atomic mass is 19.1. The second-order valence-corrected chi connectivity index (χ2v) is 6.89. The molecule has 27 heavy (non-hydrogen) atoms. The van der Waals surface area contributed by atoms with Crippen LogP contribution in [0, 0.1) is 11.7 Å². The van der Waals surface area contributed by atoms with Crippen LogP contribution < -0.4 is 15.8 Å². The molecule has 6 heteroatoms. The normalized spacial score (nSPS) is 16.6. The van der Waals surface area contributed by atoms with Crippen LogP contribution in [0.2, 0.25) is 0 Å². The van der Waals surface area contributed by atoms with Crippen LogP contribution in [-0.2, 0) is 0 Å². The van der Waals surface area contributed by atoms with Crippen molar-refractivity contribution in [3.05, 3.63) is 76.5 Å².